The first kappa shape index (κ1) is 49.6. The molecule has 0 saturated heterocycles. The third-order valence-electron chi connectivity index (χ3n) is 10.7. The van der Waals surface area contributed by atoms with E-state index in [2.05, 4.69) is 153 Å². The molecule has 0 atom stereocenters. The summed E-state index contributed by atoms with van der Waals surface area (Å²) in [6.07, 6.45) is 20.7. The molecule has 0 aliphatic heterocycles. The third-order valence-corrected chi connectivity index (χ3v) is 10.7. The molecule has 0 spiro atoms. The summed E-state index contributed by atoms with van der Waals surface area (Å²) in [5, 5.41) is 9.32. The second kappa shape index (κ2) is 25.8. The molecule has 0 N–H and O–H groups in total. The number of azo groups is 1. The summed E-state index contributed by atoms with van der Waals surface area (Å²) in [7, 11) is 27.6. The number of rotatable bonds is 32. The number of unbranched alkanes of at least 4 members (excludes halogenated alkanes) is 12. The molecule has 2 rings (SSSR count). The molecule has 8 nitrogen and oxygen atoms in total. The summed E-state index contributed by atoms with van der Waals surface area (Å²) < 4.78 is 4.24. The van der Waals surface area contributed by atoms with Crippen molar-refractivity contribution in [1.29, 1.82) is 0 Å². The van der Waals surface area contributed by atoms with Gasteiger partial charge in [-0.1, -0.05) is 25.7 Å². The van der Waals surface area contributed by atoms with Crippen LogP contribution in [0.2, 0.25) is 0 Å². The van der Waals surface area contributed by atoms with E-state index in [9.17, 15) is 0 Å². The molecule has 2 aromatic rings. The fourth-order valence-corrected chi connectivity index (χ4v) is 7.29. The topological polar surface area (TPSA) is 31.2 Å². The van der Waals surface area contributed by atoms with E-state index < -0.39 is 0 Å². The van der Waals surface area contributed by atoms with Gasteiger partial charge in [0.15, 0.2) is 0 Å². The van der Waals surface area contributed by atoms with Crippen LogP contribution >= 0.6 is 0 Å². The first-order chi connectivity index (χ1) is 26.3. The monoisotopic (exact) mass is 781 g/mol. The number of hydrogen-bond acceptors (Lipinski definition) is 4. The lowest BCUT2D eigenvalue weighted by molar-refractivity contribution is -0.870. The van der Waals surface area contributed by atoms with Crippen molar-refractivity contribution in [3.63, 3.8) is 0 Å². The van der Waals surface area contributed by atoms with E-state index in [-0.39, 0.29) is 0 Å². The third kappa shape index (κ3) is 26.4. The minimum atomic E-state index is 0.913. The van der Waals surface area contributed by atoms with Crippen LogP contribution in [0.1, 0.15) is 103 Å². The molecular formula is C48H92N8+4. The lowest BCUT2D eigenvalue weighted by atomic mass is 10.1. The molecule has 0 aromatic heterocycles. The maximum atomic E-state index is 4.66. The van der Waals surface area contributed by atoms with Gasteiger partial charge in [0.25, 0.3) is 0 Å². The Bertz CT molecular complexity index is 1140. The maximum absolute atomic E-state index is 4.66. The lowest BCUT2D eigenvalue weighted by Gasteiger charge is -2.26. The molecule has 56 heavy (non-hydrogen) atoms. The molecule has 0 saturated carbocycles. The van der Waals surface area contributed by atoms with Crippen LogP contribution < -0.4 is 9.80 Å². The van der Waals surface area contributed by atoms with Gasteiger partial charge in [0, 0.05) is 37.6 Å². The van der Waals surface area contributed by atoms with Gasteiger partial charge in [-0.2, -0.15) is 10.2 Å². The van der Waals surface area contributed by atoms with Crippen molar-refractivity contribution >= 4 is 22.7 Å². The number of anilines is 2. The van der Waals surface area contributed by atoms with Gasteiger partial charge in [-0.15, -0.1) is 0 Å². The quantitative estimate of drug-likeness (QED) is 0.0421. The van der Waals surface area contributed by atoms with E-state index >= 15 is 0 Å². The van der Waals surface area contributed by atoms with E-state index in [0.717, 1.165) is 55.5 Å². The normalized spacial score (nSPS) is 12.9. The minimum Gasteiger partial charge on any atom is -0.372 e. The second-order valence-electron chi connectivity index (χ2n) is 20.9. The summed E-state index contributed by atoms with van der Waals surface area (Å²) >= 11 is 0. The fourth-order valence-electron chi connectivity index (χ4n) is 7.29. The highest BCUT2D eigenvalue weighted by molar-refractivity contribution is 5.54. The summed E-state index contributed by atoms with van der Waals surface area (Å²) in [5.41, 5.74) is 4.45. The first-order valence-corrected chi connectivity index (χ1v) is 22.6. The number of benzene rings is 2. The lowest BCUT2D eigenvalue weighted by Crippen LogP contribution is -2.35. The Morgan fingerprint density at radius 3 is 0.732 bits per heavy atom. The standard InChI is InChI=1S/C48H92N8/c1-53(2,3)41-25-17-13-21-37-51(38-22-14-18-26-42-54(4,5)6)47-33-29-45(30-34-47)49-50-46-31-35-48(36-32-46)52(39-23-15-19-27-43-55(7,8)9)40-24-16-20-28-44-56(10,11)12/h29-36H,13-28,37-44H2,1-12H3/q+4. The molecule has 0 unspecified atom stereocenters. The molecule has 320 valence electrons. The summed E-state index contributed by atoms with van der Waals surface area (Å²) in [5.74, 6) is 0. The molecule has 8 heteroatoms. The second-order valence-corrected chi connectivity index (χ2v) is 20.9. The predicted molar refractivity (Wildman–Crippen MR) is 247 cm³/mol. The highest BCUT2D eigenvalue weighted by Gasteiger charge is 2.12. The van der Waals surface area contributed by atoms with Gasteiger partial charge in [0.2, 0.25) is 0 Å². The smallest absolute Gasteiger partial charge is 0.0858 e. The van der Waals surface area contributed by atoms with Gasteiger partial charge in [0.1, 0.15) is 0 Å². The number of nitrogens with zero attached hydrogens (tertiary/aromatic N) is 8. The largest absolute Gasteiger partial charge is 0.372 e. The van der Waals surface area contributed by atoms with Crippen LogP contribution in [-0.4, -0.2) is 155 Å². The molecule has 0 amide bonds. The van der Waals surface area contributed by atoms with Crippen molar-refractivity contribution in [3.8, 4) is 0 Å². The molecule has 0 fully saturated rings. The molecule has 0 heterocycles. The van der Waals surface area contributed by atoms with Crippen LogP contribution in [0.5, 0.6) is 0 Å². The average molecular weight is 781 g/mol. The van der Waals surface area contributed by atoms with Gasteiger partial charge in [-0.05, 0) is 126 Å². The molecule has 0 aliphatic rings. The summed E-state index contributed by atoms with van der Waals surface area (Å²) in [6, 6.07) is 17.6. The predicted octanol–water partition coefficient (Wildman–Crippen LogP) is 10.8. The Balaban J connectivity index is 1.99. The highest BCUT2D eigenvalue weighted by atomic mass is 15.3. The molecule has 0 aliphatic carbocycles. The van der Waals surface area contributed by atoms with Gasteiger partial charge >= 0.3 is 0 Å². The molecule has 0 radical (unpaired) electrons. The Labute approximate surface area is 347 Å². The molecular weight excluding hydrogens is 689 g/mol. The summed E-state index contributed by atoms with van der Waals surface area (Å²) in [6.45, 7) is 9.52. The first-order valence-electron chi connectivity index (χ1n) is 22.6. The van der Waals surface area contributed by atoms with Crippen molar-refractivity contribution in [2.45, 2.75) is 103 Å². The van der Waals surface area contributed by atoms with Crippen molar-refractivity contribution in [1.82, 2.24) is 0 Å². The highest BCUT2D eigenvalue weighted by Crippen LogP contribution is 2.26. The van der Waals surface area contributed by atoms with Crippen LogP contribution in [-0.2, 0) is 0 Å². The van der Waals surface area contributed by atoms with Gasteiger partial charge in [-0.3, -0.25) is 0 Å². The molecule has 2 aromatic carbocycles. The van der Waals surface area contributed by atoms with Crippen molar-refractivity contribution in [3.05, 3.63) is 48.5 Å². The van der Waals surface area contributed by atoms with Crippen LogP contribution in [0.15, 0.2) is 58.8 Å². The van der Waals surface area contributed by atoms with E-state index in [1.165, 1.54) is 140 Å². The molecule has 0 bridgehead atoms. The van der Waals surface area contributed by atoms with Crippen LogP contribution in [0.25, 0.3) is 0 Å². The Morgan fingerprint density at radius 1 is 0.304 bits per heavy atom. The Kier molecular flexibility index (Phi) is 22.8. The summed E-state index contributed by atoms with van der Waals surface area (Å²) in [4.78, 5) is 5.23. The van der Waals surface area contributed by atoms with Gasteiger partial charge < -0.3 is 27.7 Å². The minimum absolute atomic E-state index is 0.913. The number of hydrogen-bond donors (Lipinski definition) is 0. The van der Waals surface area contributed by atoms with Gasteiger partial charge in [0.05, 0.1) is 122 Å². The van der Waals surface area contributed by atoms with Crippen molar-refractivity contribution < 1.29 is 17.9 Å². The van der Waals surface area contributed by atoms with Crippen LogP contribution in [0, 0.1) is 0 Å². The zero-order valence-electron chi connectivity index (χ0n) is 39.2. The van der Waals surface area contributed by atoms with Crippen molar-refractivity contribution in [2.75, 3.05) is 147 Å². The van der Waals surface area contributed by atoms with E-state index in [1.54, 1.807) is 0 Å². The zero-order valence-corrected chi connectivity index (χ0v) is 39.2. The Morgan fingerprint density at radius 2 is 0.518 bits per heavy atom. The average Bonchev–Trinajstić information content (AvgIpc) is 3.10. The van der Waals surface area contributed by atoms with Crippen molar-refractivity contribution in [2.24, 2.45) is 10.2 Å². The Hall–Kier alpha value is -2.52. The van der Waals surface area contributed by atoms with E-state index in [0.29, 0.717) is 0 Å². The number of quaternary nitrogens is 4. The van der Waals surface area contributed by atoms with E-state index in [4.69, 9.17) is 0 Å². The van der Waals surface area contributed by atoms with Crippen LogP contribution in [0.3, 0.4) is 0 Å². The van der Waals surface area contributed by atoms with Gasteiger partial charge in [-0.25, -0.2) is 0 Å². The maximum Gasteiger partial charge on any atom is 0.0858 e. The zero-order chi connectivity index (χ0) is 41.5. The van der Waals surface area contributed by atoms with Crippen LogP contribution in [0.4, 0.5) is 22.7 Å². The SMILES string of the molecule is C[N+](C)(C)CCCCCCN(CCCCCC[N+](C)(C)C)c1ccc(N=Nc2ccc(N(CCCCCC[N+](C)(C)C)CCCCCC[N+](C)(C)C)cc2)cc1. The fraction of sp³-hybridized carbons (Fsp3) is 0.750. The van der Waals surface area contributed by atoms with E-state index in [1.807, 2.05) is 0 Å².